The van der Waals surface area contributed by atoms with Gasteiger partial charge in [0.05, 0.1) is 13.5 Å². The molecule has 1 atom stereocenters. The Bertz CT molecular complexity index is 750. The molecule has 0 aliphatic carbocycles. The van der Waals surface area contributed by atoms with Gasteiger partial charge in [0, 0.05) is 11.3 Å². The zero-order valence-corrected chi connectivity index (χ0v) is 15.0. The molecule has 5 nitrogen and oxygen atoms in total. The number of carbonyl (C=O) groups is 2. The van der Waals surface area contributed by atoms with E-state index in [1.165, 1.54) is 0 Å². The molecule has 0 radical (unpaired) electrons. The number of amides is 1. The maximum absolute atomic E-state index is 12.3. The van der Waals surface area contributed by atoms with E-state index in [0.29, 0.717) is 5.75 Å². The van der Waals surface area contributed by atoms with Crippen LogP contribution in [-0.2, 0) is 20.7 Å². The van der Waals surface area contributed by atoms with Crippen LogP contribution >= 0.6 is 0 Å². The number of hydrogen-bond acceptors (Lipinski definition) is 4. The van der Waals surface area contributed by atoms with Gasteiger partial charge in [0.2, 0.25) is 0 Å². The zero-order valence-electron chi connectivity index (χ0n) is 15.0. The predicted octanol–water partition coefficient (Wildman–Crippen LogP) is 3.42. The fraction of sp³-hybridized carbons (Fsp3) is 0.300. The Labute approximate surface area is 148 Å². The third kappa shape index (κ3) is 4.83. The quantitative estimate of drug-likeness (QED) is 0.818. The minimum atomic E-state index is -0.888. The maximum Gasteiger partial charge on any atom is 0.311 e. The summed E-state index contributed by atoms with van der Waals surface area (Å²) < 4.78 is 10.5. The van der Waals surface area contributed by atoms with Crippen LogP contribution < -0.4 is 10.1 Å². The van der Waals surface area contributed by atoms with Crippen molar-refractivity contribution >= 4 is 17.6 Å². The minimum Gasteiger partial charge on any atom is -0.496 e. The Morgan fingerprint density at radius 1 is 1.04 bits per heavy atom. The first kappa shape index (κ1) is 18.5. The largest absolute Gasteiger partial charge is 0.496 e. The molecule has 0 saturated carbocycles. The first-order chi connectivity index (χ1) is 11.9. The van der Waals surface area contributed by atoms with Crippen molar-refractivity contribution in [2.45, 2.75) is 33.3 Å². The second-order valence-corrected chi connectivity index (χ2v) is 5.88. The van der Waals surface area contributed by atoms with Crippen LogP contribution in [0.2, 0.25) is 0 Å². The highest BCUT2D eigenvalue weighted by Crippen LogP contribution is 2.20. The van der Waals surface area contributed by atoms with Gasteiger partial charge in [-0.15, -0.1) is 0 Å². The van der Waals surface area contributed by atoms with Crippen LogP contribution in [0, 0.1) is 13.8 Å². The summed E-state index contributed by atoms with van der Waals surface area (Å²) in [4.78, 5) is 24.4. The monoisotopic (exact) mass is 341 g/mol. The number of methoxy groups -OCH3 is 1. The number of anilines is 1. The van der Waals surface area contributed by atoms with Gasteiger partial charge >= 0.3 is 5.97 Å². The van der Waals surface area contributed by atoms with E-state index in [1.807, 2.05) is 44.2 Å². The molecule has 0 spiro atoms. The molecule has 2 rings (SSSR count). The van der Waals surface area contributed by atoms with Gasteiger partial charge in [-0.25, -0.2) is 0 Å². The predicted molar refractivity (Wildman–Crippen MR) is 96.8 cm³/mol. The number of rotatable bonds is 6. The van der Waals surface area contributed by atoms with Gasteiger partial charge in [-0.05, 0) is 38.0 Å². The summed E-state index contributed by atoms with van der Waals surface area (Å²) in [6.07, 6.45) is -0.841. The number of ether oxygens (including phenoxy) is 2. The molecule has 0 aliphatic rings. The summed E-state index contributed by atoms with van der Waals surface area (Å²) in [5.74, 6) is -0.216. The van der Waals surface area contributed by atoms with E-state index in [4.69, 9.17) is 9.47 Å². The Morgan fingerprint density at radius 2 is 1.68 bits per heavy atom. The van der Waals surface area contributed by atoms with E-state index in [0.717, 1.165) is 22.4 Å². The molecule has 0 aliphatic heterocycles. The van der Waals surface area contributed by atoms with Crippen molar-refractivity contribution in [1.82, 2.24) is 0 Å². The molecule has 1 amide bonds. The van der Waals surface area contributed by atoms with Crippen LogP contribution in [0.3, 0.4) is 0 Å². The maximum atomic E-state index is 12.3. The van der Waals surface area contributed by atoms with Crippen molar-refractivity contribution in [2.75, 3.05) is 12.4 Å². The van der Waals surface area contributed by atoms with E-state index >= 15 is 0 Å². The molecule has 5 heteroatoms. The summed E-state index contributed by atoms with van der Waals surface area (Å²) in [5, 5.41) is 2.83. The Kier molecular flexibility index (Phi) is 6.17. The molecule has 0 unspecified atom stereocenters. The van der Waals surface area contributed by atoms with Crippen LogP contribution in [-0.4, -0.2) is 25.1 Å². The molecular formula is C20H23NO4. The van der Waals surface area contributed by atoms with Crippen molar-refractivity contribution in [3.63, 3.8) is 0 Å². The van der Waals surface area contributed by atoms with Crippen molar-refractivity contribution in [2.24, 2.45) is 0 Å². The normalized spacial score (nSPS) is 11.5. The molecule has 0 bridgehead atoms. The van der Waals surface area contributed by atoms with Crippen molar-refractivity contribution in [3.05, 3.63) is 59.2 Å². The number of hydrogen-bond donors (Lipinski definition) is 1. The lowest BCUT2D eigenvalue weighted by molar-refractivity contribution is -0.152. The first-order valence-electron chi connectivity index (χ1n) is 8.10. The standard InChI is InChI=1S/C20H23NO4/c1-13-8-7-9-14(2)19(13)21-20(23)15(3)25-18(22)12-16-10-5-6-11-17(16)24-4/h5-11,15H,12H2,1-4H3,(H,21,23)/t15-/m1/s1. The van der Waals surface area contributed by atoms with Crippen molar-refractivity contribution < 1.29 is 19.1 Å². The molecule has 0 heterocycles. The summed E-state index contributed by atoms with van der Waals surface area (Å²) in [6, 6.07) is 13.0. The molecular weight excluding hydrogens is 318 g/mol. The lowest BCUT2D eigenvalue weighted by atomic mass is 10.1. The number of para-hydroxylation sites is 2. The summed E-state index contributed by atoms with van der Waals surface area (Å²) >= 11 is 0. The molecule has 2 aromatic rings. The number of benzene rings is 2. The van der Waals surface area contributed by atoms with Gasteiger partial charge in [0.1, 0.15) is 5.75 Å². The third-order valence-corrected chi connectivity index (χ3v) is 3.93. The number of nitrogens with one attached hydrogen (secondary N) is 1. The van der Waals surface area contributed by atoms with Crippen molar-refractivity contribution in [3.8, 4) is 5.75 Å². The number of aryl methyl sites for hydroxylation is 2. The topological polar surface area (TPSA) is 64.6 Å². The zero-order chi connectivity index (χ0) is 18.4. The highest BCUT2D eigenvalue weighted by molar-refractivity contribution is 5.96. The van der Waals surface area contributed by atoms with E-state index in [2.05, 4.69) is 5.32 Å². The SMILES string of the molecule is COc1ccccc1CC(=O)O[C@H](C)C(=O)Nc1c(C)cccc1C. The molecule has 0 fully saturated rings. The lowest BCUT2D eigenvalue weighted by Crippen LogP contribution is -2.31. The summed E-state index contributed by atoms with van der Waals surface area (Å²) in [5.41, 5.74) is 3.39. The van der Waals surface area contributed by atoms with Gasteiger partial charge in [0.25, 0.3) is 5.91 Å². The molecule has 1 N–H and O–H groups in total. The highest BCUT2D eigenvalue weighted by Gasteiger charge is 2.20. The molecule has 0 aromatic heterocycles. The second kappa shape index (κ2) is 8.33. The van der Waals surface area contributed by atoms with Gasteiger partial charge in [0.15, 0.2) is 6.10 Å². The number of carbonyl (C=O) groups excluding carboxylic acids is 2. The first-order valence-corrected chi connectivity index (χ1v) is 8.10. The van der Waals surface area contributed by atoms with E-state index in [9.17, 15) is 9.59 Å². The van der Waals surface area contributed by atoms with Gasteiger partial charge < -0.3 is 14.8 Å². The van der Waals surface area contributed by atoms with Crippen LogP contribution in [0.5, 0.6) is 5.75 Å². The van der Waals surface area contributed by atoms with Crippen molar-refractivity contribution in [1.29, 1.82) is 0 Å². The van der Waals surface area contributed by atoms with Crippen LogP contribution in [0.25, 0.3) is 0 Å². The third-order valence-electron chi connectivity index (χ3n) is 3.93. The second-order valence-electron chi connectivity index (χ2n) is 5.88. The Hall–Kier alpha value is -2.82. The Balaban J connectivity index is 1.97. The minimum absolute atomic E-state index is 0.0467. The van der Waals surface area contributed by atoms with Gasteiger partial charge in [-0.3, -0.25) is 9.59 Å². The molecule has 25 heavy (non-hydrogen) atoms. The average molecular weight is 341 g/mol. The van der Waals surface area contributed by atoms with E-state index < -0.39 is 12.1 Å². The smallest absolute Gasteiger partial charge is 0.311 e. The average Bonchev–Trinajstić information content (AvgIpc) is 2.58. The fourth-order valence-electron chi connectivity index (χ4n) is 2.53. The summed E-state index contributed by atoms with van der Waals surface area (Å²) in [6.45, 7) is 5.39. The molecule has 132 valence electrons. The lowest BCUT2D eigenvalue weighted by Gasteiger charge is -2.16. The van der Waals surface area contributed by atoms with E-state index in [-0.39, 0.29) is 12.3 Å². The van der Waals surface area contributed by atoms with Crippen LogP contribution in [0.15, 0.2) is 42.5 Å². The Morgan fingerprint density at radius 3 is 2.32 bits per heavy atom. The van der Waals surface area contributed by atoms with Gasteiger partial charge in [-0.1, -0.05) is 36.4 Å². The van der Waals surface area contributed by atoms with Crippen LogP contribution in [0.1, 0.15) is 23.6 Å². The molecule has 0 saturated heterocycles. The van der Waals surface area contributed by atoms with Crippen LogP contribution in [0.4, 0.5) is 5.69 Å². The number of esters is 1. The summed E-state index contributed by atoms with van der Waals surface area (Å²) in [7, 11) is 1.55. The van der Waals surface area contributed by atoms with Gasteiger partial charge in [-0.2, -0.15) is 0 Å². The van der Waals surface area contributed by atoms with E-state index in [1.54, 1.807) is 26.2 Å². The highest BCUT2D eigenvalue weighted by atomic mass is 16.5. The molecule has 2 aromatic carbocycles. The fourth-order valence-corrected chi connectivity index (χ4v) is 2.53.